The lowest BCUT2D eigenvalue weighted by Crippen LogP contribution is -2.41. The predicted octanol–water partition coefficient (Wildman–Crippen LogP) is 2.73. The first-order valence-corrected chi connectivity index (χ1v) is 10.4. The van der Waals surface area contributed by atoms with Crippen molar-refractivity contribution in [2.45, 2.75) is 11.5 Å². The van der Waals surface area contributed by atoms with Crippen molar-refractivity contribution in [3.63, 3.8) is 0 Å². The number of hydrogen-bond donors (Lipinski definition) is 3. The largest absolute Gasteiger partial charge is 0.489 e. The number of halogens is 1. The van der Waals surface area contributed by atoms with Gasteiger partial charge in [0, 0.05) is 5.56 Å². The molecule has 0 spiro atoms. The molecule has 0 aliphatic carbocycles. The summed E-state index contributed by atoms with van der Waals surface area (Å²) in [7, 11) is -4.31. The smallest absolute Gasteiger partial charge is 0.338 e. The second-order valence-electron chi connectivity index (χ2n) is 6.31. The highest BCUT2D eigenvalue weighted by atomic mass is 32.2. The normalized spacial score (nSPS) is 11.0. The van der Waals surface area contributed by atoms with Crippen LogP contribution in [0.15, 0.2) is 77.7 Å². The topological polar surface area (TPSA) is 122 Å². The van der Waals surface area contributed by atoms with Crippen molar-refractivity contribution in [1.29, 1.82) is 0 Å². The van der Waals surface area contributed by atoms with E-state index in [9.17, 15) is 22.4 Å². The summed E-state index contributed by atoms with van der Waals surface area (Å²) in [6, 6.07) is 17.8. The van der Waals surface area contributed by atoms with Gasteiger partial charge in [-0.2, -0.15) is 0 Å². The van der Waals surface area contributed by atoms with Gasteiger partial charge < -0.3 is 9.84 Å². The highest BCUT2D eigenvalue weighted by Crippen LogP contribution is 2.15. The van der Waals surface area contributed by atoms with E-state index in [0.717, 1.165) is 17.7 Å². The van der Waals surface area contributed by atoms with E-state index in [4.69, 9.17) is 9.84 Å². The molecule has 10 heteroatoms. The van der Waals surface area contributed by atoms with E-state index in [2.05, 4.69) is 0 Å². The van der Waals surface area contributed by atoms with E-state index in [1.54, 1.807) is 12.1 Å². The third kappa shape index (κ3) is 5.65. The molecule has 0 unspecified atom stereocenters. The van der Waals surface area contributed by atoms with E-state index in [1.165, 1.54) is 12.1 Å². The molecule has 0 fully saturated rings. The zero-order valence-electron chi connectivity index (χ0n) is 15.9. The number of hydrazine groups is 1. The molecular formula is C21H17FN2O6S. The Morgan fingerprint density at radius 1 is 0.968 bits per heavy atom. The molecule has 0 atom stereocenters. The molecule has 0 aliphatic heterocycles. The first-order valence-electron chi connectivity index (χ1n) is 8.88. The Kier molecular flexibility index (Phi) is 6.63. The fraction of sp³-hybridized carbons (Fsp3) is 0.0476. The Morgan fingerprint density at radius 3 is 2.26 bits per heavy atom. The number of para-hydroxylation sites is 1. The van der Waals surface area contributed by atoms with Crippen LogP contribution in [0.3, 0.4) is 0 Å². The molecule has 0 heterocycles. The second-order valence-corrected chi connectivity index (χ2v) is 7.99. The zero-order valence-corrected chi connectivity index (χ0v) is 16.7. The minimum Gasteiger partial charge on any atom is -0.489 e. The highest BCUT2D eigenvalue weighted by molar-refractivity contribution is 7.89. The SMILES string of the molecule is O=C(NNS(=O)(=O)c1ccc(C(=O)O)c(F)c1)c1ccc(COc2ccccc2)cc1. The van der Waals surface area contributed by atoms with E-state index < -0.39 is 38.2 Å². The van der Waals surface area contributed by atoms with Gasteiger partial charge in [0.2, 0.25) is 0 Å². The summed E-state index contributed by atoms with van der Waals surface area (Å²) in [5.74, 6) is -2.77. The number of ether oxygens (including phenoxy) is 1. The maximum Gasteiger partial charge on any atom is 0.338 e. The molecule has 3 N–H and O–H groups in total. The van der Waals surface area contributed by atoms with Crippen molar-refractivity contribution < 1.29 is 32.2 Å². The summed E-state index contributed by atoms with van der Waals surface area (Å²) >= 11 is 0. The number of carbonyl (C=O) groups excluding carboxylic acids is 1. The fourth-order valence-electron chi connectivity index (χ4n) is 2.52. The third-order valence-corrected chi connectivity index (χ3v) is 5.39. The average Bonchev–Trinajstić information content (AvgIpc) is 2.77. The molecule has 0 saturated carbocycles. The number of amides is 1. The predicted molar refractivity (Wildman–Crippen MR) is 108 cm³/mol. The van der Waals surface area contributed by atoms with E-state index in [-0.39, 0.29) is 12.2 Å². The van der Waals surface area contributed by atoms with Gasteiger partial charge in [-0.1, -0.05) is 30.3 Å². The van der Waals surface area contributed by atoms with Crippen LogP contribution in [0.4, 0.5) is 4.39 Å². The molecule has 0 saturated heterocycles. The summed E-state index contributed by atoms with van der Waals surface area (Å²) in [6.07, 6.45) is 0. The van der Waals surface area contributed by atoms with Crippen LogP contribution in [0, 0.1) is 5.82 Å². The molecule has 0 aliphatic rings. The Hall–Kier alpha value is -3.76. The van der Waals surface area contributed by atoms with Crippen molar-refractivity contribution in [3.05, 3.63) is 95.3 Å². The van der Waals surface area contributed by atoms with Gasteiger partial charge in [-0.3, -0.25) is 10.2 Å². The minimum atomic E-state index is -4.31. The molecule has 31 heavy (non-hydrogen) atoms. The number of hydrogen-bond acceptors (Lipinski definition) is 5. The van der Waals surface area contributed by atoms with E-state index >= 15 is 0 Å². The summed E-state index contributed by atoms with van der Waals surface area (Å²) in [5.41, 5.74) is 2.34. The van der Waals surface area contributed by atoms with Crippen molar-refractivity contribution >= 4 is 21.9 Å². The number of sulfonamides is 1. The van der Waals surface area contributed by atoms with Gasteiger partial charge >= 0.3 is 5.97 Å². The number of nitrogens with one attached hydrogen (secondary N) is 2. The molecule has 3 rings (SSSR count). The summed E-state index contributed by atoms with van der Waals surface area (Å²) < 4.78 is 43.8. The van der Waals surface area contributed by atoms with Crippen LogP contribution in [0.5, 0.6) is 5.75 Å². The molecular weight excluding hydrogens is 427 g/mol. The number of carboxylic acids is 1. The van der Waals surface area contributed by atoms with Crippen molar-refractivity contribution in [2.24, 2.45) is 0 Å². The van der Waals surface area contributed by atoms with Crippen molar-refractivity contribution in [2.75, 3.05) is 0 Å². The van der Waals surface area contributed by atoms with Crippen LogP contribution in [-0.4, -0.2) is 25.4 Å². The van der Waals surface area contributed by atoms with Crippen LogP contribution in [0.2, 0.25) is 0 Å². The maximum atomic E-state index is 13.7. The Bertz CT molecular complexity index is 1200. The number of carbonyl (C=O) groups is 2. The maximum absolute atomic E-state index is 13.7. The summed E-state index contributed by atoms with van der Waals surface area (Å²) in [4.78, 5) is 24.3. The molecule has 160 valence electrons. The van der Waals surface area contributed by atoms with Gasteiger partial charge in [0.25, 0.3) is 15.9 Å². The van der Waals surface area contributed by atoms with Gasteiger partial charge in [-0.15, -0.1) is 4.83 Å². The summed E-state index contributed by atoms with van der Waals surface area (Å²) in [5, 5.41) is 8.80. The first-order chi connectivity index (χ1) is 14.8. The van der Waals surface area contributed by atoms with Crippen molar-refractivity contribution in [1.82, 2.24) is 10.3 Å². The monoisotopic (exact) mass is 444 g/mol. The molecule has 8 nitrogen and oxygen atoms in total. The number of benzene rings is 3. The van der Waals surface area contributed by atoms with Gasteiger partial charge in [-0.25, -0.2) is 17.6 Å². The molecule has 3 aromatic carbocycles. The molecule has 1 amide bonds. The Balaban J connectivity index is 1.59. The Labute approximate surface area is 177 Å². The summed E-state index contributed by atoms with van der Waals surface area (Å²) in [6.45, 7) is 0.288. The van der Waals surface area contributed by atoms with Crippen LogP contribution >= 0.6 is 0 Å². The first kappa shape index (κ1) is 21.9. The van der Waals surface area contributed by atoms with Gasteiger partial charge in [0.1, 0.15) is 18.2 Å². The number of rotatable bonds is 8. The van der Waals surface area contributed by atoms with Crippen LogP contribution < -0.4 is 15.0 Å². The van der Waals surface area contributed by atoms with Gasteiger partial charge in [0.05, 0.1) is 10.5 Å². The zero-order chi connectivity index (χ0) is 22.4. The van der Waals surface area contributed by atoms with E-state index in [0.29, 0.717) is 11.8 Å². The standard InChI is InChI=1S/C21H17FN2O6S/c22-19-12-17(10-11-18(19)21(26)27)31(28,29)24-23-20(25)15-8-6-14(7-9-15)13-30-16-4-2-1-3-5-16/h1-12,24H,13H2,(H,23,25)(H,26,27). The van der Waals surface area contributed by atoms with Crippen LogP contribution in [-0.2, 0) is 16.6 Å². The number of carboxylic acid groups (broad SMARTS) is 1. The lowest BCUT2D eigenvalue weighted by molar-refractivity contribution is 0.0691. The molecule has 3 aromatic rings. The highest BCUT2D eigenvalue weighted by Gasteiger charge is 2.19. The fourth-order valence-corrected chi connectivity index (χ4v) is 3.37. The van der Waals surface area contributed by atoms with Crippen LogP contribution in [0.1, 0.15) is 26.3 Å². The van der Waals surface area contributed by atoms with Gasteiger partial charge in [-0.05, 0) is 48.0 Å². The Morgan fingerprint density at radius 2 is 1.65 bits per heavy atom. The molecule has 0 bridgehead atoms. The van der Waals surface area contributed by atoms with Crippen LogP contribution in [0.25, 0.3) is 0 Å². The lowest BCUT2D eigenvalue weighted by atomic mass is 10.1. The second kappa shape index (κ2) is 9.37. The van der Waals surface area contributed by atoms with Crippen molar-refractivity contribution in [3.8, 4) is 5.75 Å². The third-order valence-electron chi connectivity index (χ3n) is 4.15. The average molecular weight is 444 g/mol. The van der Waals surface area contributed by atoms with Gasteiger partial charge in [0.15, 0.2) is 0 Å². The molecule has 0 radical (unpaired) electrons. The molecule has 0 aromatic heterocycles. The quantitative estimate of drug-likeness (QED) is 0.459. The number of aromatic carboxylic acids is 1. The lowest BCUT2D eigenvalue weighted by Gasteiger charge is -2.10. The minimum absolute atomic E-state index is 0.179. The van der Waals surface area contributed by atoms with E-state index in [1.807, 2.05) is 40.6 Å².